The average molecular weight is 1650 g/mol. The zero-order valence-corrected chi connectivity index (χ0v) is 70.6. The van der Waals surface area contributed by atoms with Gasteiger partial charge < -0.3 is 27.1 Å². The lowest BCUT2D eigenvalue weighted by molar-refractivity contribution is 0.660. The minimum Gasteiger partial charge on any atom is -0.456 e. The summed E-state index contributed by atoms with van der Waals surface area (Å²) in [4.78, 5) is 17.6. The molecule has 0 radical (unpaired) electrons. The standard InChI is InChI=1S/C40H24N4S.C39H27NO.C37H25N3O/c1-3-10-35-29(8-1)30-9-2-4-11-36(30)43(35)27-7-5-6-25(20-27)26-12-15-39-34(21-26)33-14-13-28(22-40(33)45-39)44-37-23-41-18-16-31(37)32-17-19-42-24-38(32)44;1-39(2)33-12-6-3-9-27(33)30-21-24(15-18-34(30)39)25-16-19-37-31(22-25)32-23-26(17-20-38(32)41-37)40-35-13-7-4-10-28(35)29-11-5-8-14-36(29)40;1-37(2)31-6-4-3-5-25(31)26-17-22(7-10-32(26)37)23-8-11-35-27(18-23)28-19-24(9-12-36(28)41-35)40-33-13-15-38-20-29(33)30-21-39-16-14-34(30)40/h1-24H;3-23H,1-2H3;3-21H,1-2H3. The lowest BCUT2D eigenvalue weighted by atomic mass is 9.82. The Morgan fingerprint density at radius 3 is 1.06 bits per heavy atom. The number of fused-ring (bicyclic) bond motifs is 27. The van der Waals surface area contributed by atoms with E-state index in [1.54, 1.807) is 0 Å². The Kier molecular flexibility index (Phi) is 15.8. The van der Waals surface area contributed by atoms with Gasteiger partial charge in [-0.2, -0.15) is 0 Å². The lowest BCUT2D eigenvalue weighted by Gasteiger charge is -2.21. The maximum atomic E-state index is 6.33. The van der Waals surface area contributed by atoms with Crippen LogP contribution < -0.4 is 0 Å². The molecular weight excluding hydrogens is 1570 g/mol. The third-order valence-electron chi connectivity index (χ3n) is 27.3. The van der Waals surface area contributed by atoms with E-state index in [1.807, 2.05) is 60.9 Å². The van der Waals surface area contributed by atoms with Crippen molar-refractivity contribution in [1.29, 1.82) is 0 Å². The monoisotopic (exact) mass is 1640 g/mol. The number of aromatic nitrogens is 8. The van der Waals surface area contributed by atoms with Crippen molar-refractivity contribution >= 4 is 163 Å². The molecule has 127 heavy (non-hydrogen) atoms. The number of furan rings is 2. The highest BCUT2D eigenvalue weighted by Crippen LogP contribution is 2.53. The highest BCUT2D eigenvalue weighted by atomic mass is 32.1. The van der Waals surface area contributed by atoms with Gasteiger partial charge in [-0.3, -0.25) is 19.9 Å². The maximum absolute atomic E-state index is 6.33. The lowest BCUT2D eigenvalue weighted by Crippen LogP contribution is -2.14. The third kappa shape index (κ3) is 11.1. The summed E-state index contributed by atoms with van der Waals surface area (Å²) in [5.41, 5.74) is 35.6. The van der Waals surface area contributed by atoms with Gasteiger partial charge in [-0.05, 0) is 236 Å². The number of para-hydroxylation sites is 4. The average Bonchev–Trinajstić information content (AvgIpc) is 1.58. The minimum absolute atomic E-state index is 0.00447. The van der Waals surface area contributed by atoms with Crippen LogP contribution in [0.2, 0.25) is 0 Å². The van der Waals surface area contributed by atoms with Crippen LogP contribution in [0.1, 0.15) is 49.9 Å². The first-order valence-corrected chi connectivity index (χ1v) is 44.1. The number of benzene rings is 15. The summed E-state index contributed by atoms with van der Waals surface area (Å²) in [6, 6.07) is 123. The van der Waals surface area contributed by atoms with E-state index in [4.69, 9.17) is 8.83 Å². The van der Waals surface area contributed by atoms with Crippen LogP contribution in [0.5, 0.6) is 0 Å². The number of thiophene rings is 1. The molecule has 0 fully saturated rings. The second-order valence-corrected chi connectivity index (χ2v) is 36.0. The fourth-order valence-electron chi connectivity index (χ4n) is 21.3. The van der Waals surface area contributed by atoms with E-state index in [1.165, 1.54) is 158 Å². The predicted molar refractivity (Wildman–Crippen MR) is 527 cm³/mol. The van der Waals surface area contributed by atoms with E-state index in [0.717, 1.165) is 93.8 Å². The van der Waals surface area contributed by atoms with Crippen LogP contribution in [0.3, 0.4) is 0 Å². The van der Waals surface area contributed by atoms with Gasteiger partial charge >= 0.3 is 0 Å². The summed E-state index contributed by atoms with van der Waals surface area (Å²) < 4.78 is 24.5. The molecule has 28 rings (SSSR count). The molecule has 0 atom stereocenters. The van der Waals surface area contributed by atoms with Crippen LogP contribution in [0.4, 0.5) is 0 Å². The molecule has 0 saturated heterocycles. The van der Waals surface area contributed by atoms with Gasteiger partial charge in [-0.25, -0.2) is 0 Å². The molecule has 0 unspecified atom stereocenters. The summed E-state index contributed by atoms with van der Waals surface area (Å²) >= 11 is 1.84. The van der Waals surface area contributed by atoms with Crippen LogP contribution in [0.15, 0.2) is 398 Å². The van der Waals surface area contributed by atoms with E-state index < -0.39 is 0 Å². The summed E-state index contributed by atoms with van der Waals surface area (Å²) in [7, 11) is 0. The molecular formula is C116H76N8O2S. The Labute approximate surface area is 733 Å². The first kappa shape index (κ1) is 72.5. The zero-order chi connectivity index (χ0) is 84.1. The molecule has 0 N–H and O–H groups in total. The van der Waals surface area contributed by atoms with Crippen molar-refractivity contribution in [2.24, 2.45) is 0 Å². The Morgan fingerprint density at radius 1 is 0.213 bits per heavy atom. The summed E-state index contributed by atoms with van der Waals surface area (Å²) in [5, 5.41) is 16.7. The van der Waals surface area contributed by atoms with E-state index in [0.29, 0.717) is 0 Å². The van der Waals surface area contributed by atoms with E-state index >= 15 is 0 Å². The number of nitrogens with zero attached hydrogens (tertiary/aromatic N) is 8. The van der Waals surface area contributed by atoms with Crippen molar-refractivity contribution in [2.45, 2.75) is 38.5 Å². The van der Waals surface area contributed by atoms with Crippen molar-refractivity contribution in [1.82, 2.24) is 38.2 Å². The quantitative estimate of drug-likeness (QED) is 0.158. The molecule has 0 bridgehead atoms. The molecule has 0 saturated carbocycles. The molecule has 11 heterocycles. The van der Waals surface area contributed by atoms with E-state index in [-0.39, 0.29) is 10.8 Å². The van der Waals surface area contributed by atoms with Crippen molar-refractivity contribution in [3.63, 3.8) is 0 Å². The van der Waals surface area contributed by atoms with E-state index in [9.17, 15) is 0 Å². The van der Waals surface area contributed by atoms with Crippen LogP contribution in [-0.2, 0) is 10.8 Å². The smallest absolute Gasteiger partial charge is 0.135 e. The van der Waals surface area contributed by atoms with Crippen LogP contribution in [-0.4, -0.2) is 38.2 Å². The predicted octanol–water partition coefficient (Wildman–Crippen LogP) is 30.8. The van der Waals surface area contributed by atoms with Crippen molar-refractivity contribution in [2.75, 3.05) is 0 Å². The topological polar surface area (TPSA) is 97.6 Å². The highest BCUT2D eigenvalue weighted by Gasteiger charge is 2.37. The number of pyridine rings is 4. The van der Waals surface area contributed by atoms with Gasteiger partial charge in [0, 0.05) is 156 Å². The first-order chi connectivity index (χ1) is 62.5. The highest BCUT2D eigenvalue weighted by molar-refractivity contribution is 7.25. The number of hydrogen-bond donors (Lipinski definition) is 0. The Hall–Kier alpha value is -16.1. The van der Waals surface area contributed by atoms with Crippen LogP contribution in [0.25, 0.3) is 230 Å². The van der Waals surface area contributed by atoms with Gasteiger partial charge in [0.05, 0.1) is 56.5 Å². The van der Waals surface area contributed by atoms with Crippen molar-refractivity contribution < 1.29 is 8.83 Å². The molecule has 15 aromatic carbocycles. The molecule has 0 amide bonds. The molecule has 11 aromatic heterocycles. The third-order valence-corrected chi connectivity index (χ3v) is 28.4. The van der Waals surface area contributed by atoms with Gasteiger partial charge in [-0.15, -0.1) is 11.3 Å². The normalized spacial score (nSPS) is 13.2. The zero-order valence-electron chi connectivity index (χ0n) is 69.8. The summed E-state index contributed by atoms with van der Waals surface area (Å²) in [6.45, 7) is 9.30. The van der Waals surface area contributed by atoms with E-state index in [2.05, 4.69) is 406 Å². The minimum atomic E-state index is 0.00447. The Bertz CT molecular complexity index is 8600. The fourth-order valence-corrected chi connectivity index (χ4v) is 22.4. The van der Waals surface area contributed by atoms with Gasteiger partial charge in [-0.1, -0.05) is 210 Å². The van der Waals surface area contributed by atoms with Crippen molar-refractivity contribution in [3.8, 4) is 78.4 Å². The maximum Gasteiger partial charge on any atom is 0.135 e. The Balaban J connectivity index is 0.000000101. The molecule has 2 aliphatic rings. The first-order valence-electron chi connectivity index (χ1n) is 43.3. The van der Waals surface area contributed by atoms with Crippen LogP contribution >= 0.6 is 11.3 Å². The molecule has 598 valence electrons. The largest absolute Gasteiger partial charge is 0.456 e. The number of rotatable bonds is 7. The molecule has 10 nitrogen and oxygen atoms in total. The molecule has 26 aromatic rings. The molecule has 2 aliphatic carbocycles. The van der Waals surface area contributed by atoms with Crippen LogP contribution in [0, 0.1) is 0 Å². The second-order valence-electron chi connectivity index (χ2n) is 34.9. The summed E-state index contributed by atoms with van der Waals surface area (Å²) in [6.07, 6.45) is 15.1. The van der Waals surface area contributed by atoms with Gasteiger partial charge in [0.1, 0.15) is 22.3 Å². The number of hydrogen-bond acceptors (Lipinski definition) is 7. The summed E-state index contributed by atoms with van der Waals surface area (Å²) in [5.74, 6) is 0. The second kappa shape index (κ2) is 27.7. The Morgan fingerprint density at radius 2 is 0.559 bits per heavy atom. The fraction of sp³-hybridized carbons (Fsp3) is 0.0517. The van der Waals surface area contributed by atoms with Gasteiger partial charge in [0.15, 0.2) is 0 Å². The SMILES string of the molecule is CC1(C)c2ccccc2-c2cc(-c3ccc4oc5ccc(-n6c7ccccc7c7ccccc76)cc5c4c3)ccc21.CC1(C)c2ccccc2-c2cc(-c3ccc4oc5ccc(-n6c7ccncc7c7cnccc76)cc5c4c3)ccc21.c1cc(-c2ccc3sc4cc(-n5c6cnccc6c6ccncc65)ccc4c3c2)cc(-n2c3ccccc3c3ccccc32)c1. The molecule has 0 spiro atoms. The van der Waals surface area contributed by atoms with Gasteiger partial charge in [0.2, 0.25) is 0 Å². The van der Waals surface area contributed by atoms with Crippen molar-refractivity contribution in [3.05, 3.63) is 412 Å². The molecule has 0 aliphatic heterocycles. The van der Waals surface area contributed by atoms with Gasteiger partial charge in [0.25, 0.3) is 0 Å². The molecule has 11 heteroatoms.